The highest BCUT2D eigenvalue weighted by Gasteiger charge is 2.14. The third-order valence-electron chi connectivity index (χ3n) is 2.36. The minimum atomic E-state index is -0.602. The van der Waals surface area contributed by atoms with E-state index < -0.39 is 5.91 Å². The fraction of sp³-hybridized carbons (Fsp3) is 0.0833. The number of rotatable bonds is 4. The molecule has 0 saturated heterocycles. The van der Waals surface area contributed by atoms with Crippen molar-refractivity contribution in [1.82, 2.24) is 9.97 Å². The number of methoxy groups -OCH3 is 1. The molecule has 19 heavy (non-hydrogen) atoms. The monoisotopic (exact) mass is 260 g/mol. The summed E-state index contributed by atoms with van der Waals surface area (Å²) in [5, 5.41) is 0. The molecule has 1 aromatic heterocycles. The number of nitrogens with two attached hydrogens (primary N) is 2. The average Bonchev–Trinajstić information content (AvgIpc) is 2.41. The normalized spacial score (nSPS) is 9.95. The molecule has 0 saturated carbocycles. The molecule has 98 valence electrons. The van der Waals surface area contributed by atoms with Gasteiger partial charge in [-0.2, -0.15) is 9.97 Å². The van der Waals surface area contributed by atoms with Crippen molar-refractivity contribution in [2.45, 2.75) is 0 Å². The first-order chi connectivity index (χ1) is 9.13. The van der Waals surface area contributed by atoms with Crippen LogP contribution in [0.25, 0.3) is 0 Å². The first-order valence-electron chi connectivity index (χ1n) is 5.34. The number of aromatic nitrogens is 2. The molecule has 0 atom stereocenters. The summed E-state index contributed by atoms with van der Waals surface area (Å²) < 4.78 is 10.4. The minimum Gasteiger partial charge on any atom is -0.479 e. The molecular weight excluding hydrogens is 248 g/mol. The number of primary amides is 1. The Labute approximate surface area is 109 Å². The van der Waals surface area contributed by atoms with Crippen molar-refractivity contribution in [2.75, 3.05) is 12.8 Å². The van der Waals surface area contributed by atoms with Crippen LogP contribution in [-0.2, 0) is 0 Å². The maximum Gasteiger partial charge on any atom is 0.252 e. The number of carbonyl (C=O) groups is 1. The summed E-state index contributed by atoms with van der Waals surface area (Å²) in [5.41, 5.74) is 11.4. The number of carbonyl (C=O) groups excluding carboxylic acids is 1. The van der Waals surface area contributed by atoms with Crippen LogP contribution in [0.4, 0.5) is 5.69 Å². The lowest BCUT2D eigenvalue weighted by Crippen LogP contribution is -2.12. The zero-order valence-corrected chi connectivity index (χ0v) is 10.2. The van der Waals surface area contributed by atoms with E-state index in [2.05, 4.69) is 9.97 Å². The summed E-state index contributed by atoms with van der Waals surface area (Å²) >= 11 is 0. The minimum absolute atomic E-state index is 0.0977. The molecule has 1 heterocycles. The fourth-order valence-electron chi connectivity index (χ4n) is 1.47. The number of para-hydroxylation sites is 1. The van der Waals surface area contributed by atoms with Crippen LogP contribution in [0.2, 0.25) is 0 Å². The lowest BCUT2D eigenvalue weighted by molar-refractivity contribution is 0.0998. The predicted molar refractivity (Wildman–Crippen MR) is 68.0 cm³/mol. The number of amides is 1. The highest BCUT2D eigenvalue weighted by Crippen LogP contribution is 2.31. The Morgan fingerprint density at radius 2 is 1.89 bits per heavy atom. The first-order valence-corrected chi connectivity index (χ1v) is 5.34. The summed E-state index contributed by atoms with van der Waals surface area (Å²) in [5.74, 6) is -0.0419. The molecule has 0 aliphatic rings. The number of nitrogen functional groups attached to an aromatic ring is 1. The third kappa shape index (κ3) is 2.54. The van der Waals surface area contributed by atoms with Crippen LogP contribution in [-0.4, -0.2) is 23.0 Å². The topological polar surface area (TPSA) is 113 Å². The van der Waals surface area contributed by atoms with Crippen molar-refractivity contribution in [1.29, 1.82) is 0 Å². The molecule has 7 nitrogen and oxygen atoms in total. The molecule has 0 unspecified atom stereocenters. The van der Waals surface area contributed by atoms with E-state index in [1.54, 1.807) is 24.3 Å². The molecule has 4 N–H and O–H groups in total. The van der Waals surface area contributed by atoms with Gasteiger partial charge in [-0.15, -0.1) is 0 Å². The van der Waals surface area contributed by atoms with Gasteiger partial charge in [-0.05, 0) is 12.1 Å². The van der Waals surface area contributed by atoms with Crippen LogP contribution in [0.15, 0.2) is 30.6 Å². The Morgan fingerprint density at radius 3 is 2.58 bits per heavy atom. The number of nitrogens with zero attached hydrogens (tertiary/aromatic N) is 2. The van der Waals surface area contributed by atoms with E-state index in [-0.39, 0.29) is 28.8 Å². The Kier molecular flexibility index (Phi) is 3.46. The van der Waals surface area contributed by atoms with Crippen molar-refractivity contribution in [3.8, 4) is 17.5 Å². The maximum absolute atomic E-state index is 11.3. The van der Waals surface area contributed by atoms with E-state index in [1.165, 1.54) is 13.4 Å². The second-order valence-electron chi connectivity index (χ2n) is 3.56. The molecule has 0 bridgehead atoms. The Bertz CT molecular complexity index is 616. The van der Waals surface area contributed by atoms with Gasteiger partial charge in [0.05, 0.1) is 12.7 Å². The zero-order valence-electron chi connectivity index (χ0n) is 10.2. The summed E-state index contributed by atoms with van der Waals surface area (Å²) in [7, 11) is 1.43. The Morgan fingerprint density at radius 1 is 1.21 bits per heavy atom. The number of ether oxygens (including phenoxy) is 2. The molecule has 2 rings (SSSR count). The Balaban J connectivity index is 2.39. The van der Waals surface area contributed by atoms with E-state index in [4.69, 9.17) is 20.9 Å². The quantitative estimate of drug-likeness (QED) is 0.846. The standard InChI is InChI=1S/C12H12N4O3/c1-18-11-9(13)12(16-6-15-11)19-8-5-3-2-4-7(8)10(14)17/h2-6H,13H2,1H3,(H2,14,17). The van der Waals surface area contributed by atoms with Crippen molar-refractivity contribution < 1.29 is 14.3 Å². The van der Waals surface area contributed by atoms with Crippen molar-refractivity contribution in [3.05, 3.63) is 36.2 Å². The van der Waals surface area contributed by atoms with Crippen LogP contribution < -0.4 is 20.9 Å². The molecule has 0 aliphatic heterocycles. The van der Waals surface area contributed by atoms with Crippen molar-refractivity contribution in [2.24, 2.45) is 5.73 Å². The van der Waals surface area contributed by atoms with Crippen LogP contribution in [0.1, 0.15) is 10.4 Å². The highest BCUT2D eigenvalue weighted by molar-refractivity contribution is 5.95. The van der Waals surface area contributed by atoms with Gasteiger partial charge in [-0.1, -0.05) is 12.1 Å². The van der Waals surface area contributed by atoms with E-state index in [9.17, 15) is 4.79 Å². The number of hydrogen-bond donors (Lipinski definition) is 2. The molecule has 7 heteroatoms. The van der Waals surface area contributed by atoms with Gasteiger partial charge < -0.3 is 20.9 Å². The lowest BCUT2D eigenvalue weighted by atomic mass is 10.2. The van der Waals surface area contributed by atoms with Crippen molar-refractivity contribution in [3.63, 3.8) is 0 Å². The molecule has 2 aromatic rings. The summed E-state index contributed by atoms with van der Waals surface area (Å²) in [6.45, 7) is 0. The summed E-state index contributed by atoms with van der Waals surface area (Å²) in [4.78, 5) is 19.0. The predicted octanol–water partition coefficient (Wildman–Crippen LogP) is 0.959. The van der Waals surface area contributed by atoms with Gasteiger partial charge in [0.2, 0.25) is 11.8 Å². The summed E-state index contributed by atoms with van der Waals surface area (Å²) in [6, 6.07) is 6.52. The number of benzene rings is 1. The van der Waals surface area contributed by atoms with Gasteiger partial charge in [0.1, 0.15) is 12.1 Å². The Hall–Kier alpha value is -2.83. The lowest BCUT2D eigenvalue weighted by Gasteiger charge is -2.10. The largest absolute Gasteiger partial charge is 0.479 e. The molecule has 1 aromatic carbocycles. The molecular formula is C12H12N4O3. The first kappa shape index (κ1) is 12.6. The second kappa shape index (κ2) is 5.21. The number of hydrogen-bond acceptors (Lipinski definition) is 6. The smallest absolute Gasteiger partial charge is 0.252 e. The van der Waals surface area contributed by atoms with Gasteiger partial charge in [0, 0.05) is 0 Å². The van der Waals surface area contributed by atoms with E-state index in [0.29, 0.717) is 0 Å². The van der Waals surface area contributed by atoms with Crippen LogP contribution in [0.3, 0.4) is 0 Å². The van der Waals surface area contributed by atoms with Crippen LogP contribution in [0.5, 0.6) is 17.5 Å². The van der Waals surface area contributed by atoms with E-state index in [1.807, 2.05) is 0 Å². The van der Waals surface area contributed by atoms with Gasteiger partial charge >= 0.3 is 0 Å². The zero-order chi connectivity index (χ0) is 13.8. The number of anilines is 1. The van der Waals surface area contributed by atoms with Gasteiger partial charge in [-0.25, -0.2) is 0 Å². The molecule has 0 spiro atoms. The molecule has 0 fully saturated rings. The van der Waals surface area contributed by atoms with Gasteiger partial charge in [-0.3, -0.25) is 4.79 Å². The third-order valence-corrected chi connectivity index (χ3v) is 2.36. The SMILES string of the molecule is COc1ncnc(Oc2ccccc2C(N)=O)c1N. The van der Waals surface area contributed by atoms with Gasteiger partial charge in [0.25, 0.3) is 5.91 Å². The molecule has 0 radical (unpaired) electrons. The van der Waals surface area contributed by atoms with Crippen LogP contribution >= 0.6 is 0 Å². The average molecular weight is 260 g/mol. The van der Waals surface area contributed by atoms with Crippen LogP contribution in [0, 0.1) is 0 Å². The summed E-state index contributed by atoms with van der Waals surface area (Å²) in [6.07, 6.45) is 1.25. The van der Waals surface area contributed by atoms with Crippen molar-refractivity contribution >= 4 is 11.6 Å². The fourth-order valence-corrected chi connectivity index (χ4v) is 1.47. The van der Waals surface area contributed by atoms with E-state index in [0.717, 1.165) is 0 Å². The molecule has 0 aliphatic carbocycles. The molecule has 1 amide bonds. The highest BCUT2D eigenvalue weighted by atomic mass is 16.5. The second-order valence-corrected chi connectivity index (χ2v) is 3.56. The van der Waals surface area contributed by atoms with E-state index >= 15 is 0 Å². The van der Waals surface area contributed by atoms with Gasteiger partial charge in [0.15, 0.2) is 5.69 Å². The maximum atomic E-state index is 11.3.